The van der Waals surface area contributed by atoms with Gasteiger partial charge in [0.1, 0.15) is 0 Å². The summed E-state index contributed by atoms with van der Waals surface area (Å²) >= 11 is -3.12. The Morgan fingerprint density at radius 3 is 2.36 bits per heavy atom. The van der Waals surface area contributed by atoms with Crippen LogP contribution >= 0.6 is 0 Å². The summed E-state index contributed by atoms with van der Waals surface area (Å²) in [5, 5.41) is 0.441. The Morgan fingerprint density at radius 1 is 1.11 bits per heavy atom. The van der Waals surface area contributed by atoms with Crippen molar-refractivity contribution in [1.82, 2.24) is 19.4 Å². The average Bonchev–Trinajstić information content (AvgIpc) is 2.89. The van der Waals surface area contributed by atoms with E-state index in [9.17, 15) is 14.4 Å². The van der Waals surface area contributed by atoms with Gasteiger partial charge in [-0.25, -0.2) is 0 Å². The number of piperazine rings is 1. The molecule has 2 amide bonds. The van der Waals surface area contributed by atoms with Crippen LogP contribution in [-0.2, 0) is 9.53 Å². The van der Waals surface area contributed by atoms with Gasteiger partial charge in [-0.2, -0.15) is 0 Å². The van der Waals surface area contributed by atoms with Crippen molar-refractivity contribution in [3.05, 3.63) is 45.8 Å². The van der Waals surface area contributed by atoms with Crippen LogP contribution in [0.5, 0.6) is 0 Å². The molecule has 0 unspecified atom stereocenters. The number of aromatic nitrogens is 3. The summed E-state index contributed by atoms with van der Waals surface area (Å²) in [6.07, 6.45) is 1.21. The maximum atomic E-state index is 16.0. The molecule has 12 heteroatoms. The van der Waals surface area contributed by atoms with Crippen molar-refractivity contribution < 1.29 is 18.7 Å². The number of ether oxygens (including phenoxy) is 1. The van der Waals surface area contributed by atoms with Gasteiger partial charge in [0, 0.05) is 0 Å². The summed E-state index contributed by atoms with van der Waals surface area (Å²) in [6, 6.07) is 2.19. The molecule has 2 aliphatic heterocycles. The summed E-state index contributed by atoms with van der Waals surface area (Å²) in [4.78, 5) is 62.5. The van der Waals surface area contributed by atoms with Crippen molar-refractivity contribution in [3.8, 4) is 5.69 Å². The molecule has 44 heavy (non-hydrogen) atoms. The van der Waals surface area contributed by atoms with E-state index in [-0.39, 0.29) is 36.6 Å². The van der Waals surface area contributed by atoms with E-state index in [0.29, 0.717) is 31.8 Å². The molecule has 0 saturated carbocycles. The molecular weight excluding hydrogens is 670 g/mol. The number of carbonyl (C=O) groups is 2. The van der Waals surface area contributed by atoms with Crippen LogP contribution in [0.3, 0.4) is 0 Å². The molecule has 5 heterocycles. The van der Waals surface area contributed by atoms with Gasteiger partial charge in [-0.3, -0.25) is 0 Å². The van der Waals surface area contributed by atoms with E-state index in [0.717, 1.165) is 5.56 Å². The van der Waals surface area contributed by atoms with Gasteiger partial charge in [-0.1, -0.05) is 0 Å². The Morgan fingerprint density at radius 2 is 1.77 bits per heavy atom. The zero-order chi connectivity index (χ0) is 32.6. The predicted molar refractivity (Wildman–Crippen MR) is 174 cm³/mol. The van der Waals surface area contributed by atoms with Crippen molar-refractivity contribution in [2.45, 2.75) is 86.9 Å². The zero-order valence-corrected chi connectivity index (χ0v) is 30.4. The Hall–Kier alpha value is -3.22. The van der Waals surface area contributed by atoms with Crippen molar-refractivity contribution in [2.75, 3.05) is 29.9 Å². The summed E-state index contributed by atoms with van der Waals surface area (Å²) in [6.45, 7) is 13.5. The normalized spacial score (nSPS) is 19.0. The fourth-order valence-corrected chi connectivity index (χ4v) is 9.72. The molecule has 0 spiro atoms. The number of rotatable bonds is 3. The first-order valence-corrected chi connectivity index (χ1v) is 25.1. The van der Waals surface area contributed by atoms with Crippen LogP contribution in [0.25, 0.3) is 16.7 Å². The van der Waals surface area contributed by atoms with Crippen molar-refractivity contribution >= 4 is 56.5 Å². The standard InChI is InChI=1S/C29H34FN6O4.3CH3.Sn/c1-15(2)21-22(16(3)9-10-31-21)36-25-19(11-18(30)12-32-25)23-24(27(36)38)33(8)26(37)20-14-34(17(4)13-35(20)23)28(39)40-29(5,6)7;;;;/h9-11,15,17,20H,13-14H2,1-8H3;3*1H3;/t17-,20-;;;;/m1..../s1. The third-order valence-corrected chi connectivity index (χ3v) is 13.3. The Kier molecular flexibility index (Phi) is 8.04. The fourth-order valence-electron chi connectivity index (χ4n) is 6.21. The number of anilines is 2. The van der Waals surface area contributed by atoms with Gasteiger partial charge in [-0.05, 0) is 20.8 Å². The van der Waals surface area contributed by atoms with Crippen LogP contribution in [0.2, 0.25) is 14.8 Å². The molecule has 2 atom stereocenters. The number of carbonyl (C=O) groups excluding carboxylic acids is 2. The Labute approximate surface area is 262 Å². The number of pyridine rings is 3. The molecule has 0 aromatic carbocycles. The van der Waals surface area contributed by atoms with Crippen molar-refractivity contribution in [1.29, 1.82) is 0 Å². The van der Waals surface area contributed by atoms with Crippen LogP contribution in [0.4, 0.5) is 20.6 Å². The van der Waals surface area contributed by atoms with Gasteiger partial charge in [0.2, 0.25) is 0 Å². The molecule has 3 aromatic heterocycles. The van der Waals surface area contributed by atoms with Crippen LogP contribution in [-0.4, -0.2) is 87.6 Å². The minimum absolute atomic E-state index is 0.0184. The van der Waals surface area contributed by atoms with E-state index in [4.69, 9.17) is 9.72 Å². The van der Waals surface area contributed by atoms with Crippen molar-refractivity contribution in [2.24, 2.45) is 0 Å². The zero-order valence-electron chi connectivity index (χ0n) is 27.6. The molecule has 0 N–H and O–H groups in total. The molecule has 0 bridgehead atoms. The van der Waals surface area contributed by atoms with Crippen molar-refractivity contribution in [3.63, 3.8) is 0 Å². The number of likely N-dealkylation sites (N-methyl/N-ethyl adjacent to an activating group) is 1. The Bertz CT molecular complexity index is 1740. The molecule has 2 aliphatic rings. The molecule has 10 nitrogen and oxygen atoms in total. The number of amides is 2. The van der Waals surface area contributed by atoms with Gasteiger partial charge in [-0.15, -0.1) is 0 Å². The number of fused-ring (bicyclic) bond motifs is 5. The van der Waals surface area contributed by atoms with Crippen LogP contribution in [0.1, 0.15) is 58.7 Å². The second-order valence-corrected chi connectivity index (χ2v) is 28.5. The van der Waals surface area contributed by atoms with E-state index < -0.39 is 47.5 Å². The second kappa shape index (κ2) is 11.0. The molecule has 1 saturated heterocycles. The molecule has 5 rings (SSSR count). The van der Waals surface area contributed by atoms with Crippen LogP contribution in [0.15, 0.2) is 23.1 Å². The number of hydrogen-bond acceptors (Lipinski definition) is 7. The first-order valence-electron chi connectivity index (χ1n) is 15.1. The number of nitrogens with zero attached hydrogens (tertiary/aromatic N) is 6. The topological polar surface area (TPSA) is 101 Å². The molecule has 3 aromatic rings. The van der Waals surface area contributed by atoms with Gasteiger partial charge >= 0.3 is 242 Å². The van der Waals surface area contributed by atoms with Crippen LogP contribution in [0, 0.1) is 12.7 Å². The predicted octanol–water partition coefficient (Wildman–Crippen LogP) is 4.69. The van der Waals surface area contributed by atoms with E-state index in [1.165, 1.54) is 15.5 Å². The van der Waals surface area contributed by atoms with Gasteiger partial charge in [0.25, 0.3) is 0 Å². The molecule has 0 radical (unpaired) electrons. The van der Waals surface area contributed by atoms with Crippen LogP contribution < -0.4 is 19.1 Å². The van der Waals surface area contributed by atoms with Gasteiger partial charge in [0.15, 0.2) is 0 Å². The average molecular weight is 713 g/mol. The summed E-state index contributed by atoms with van der Waals surface area (Å²) in [5.74, 6) is -0.754. The number of halogens is 1. The molecule has 236 valence electrons. The second-order valence-electron chi connectivity index (χ2n) is 14.3. The Balaban J connectivity index is 1.84. The first kappa shape index (κ1) is 32.2. The maximum absolute atomic E-state index is 16.0. The molecular formula is C32H43FN6O4Sn. The van der Waals surface area contributed by atoms with E-state index in [2.05, 4.69) is 19.8 Å². The SMILES string of the molecule is Cc1ccnc(C(C)C)c1-n1c(=O)c2c(c3cc(F)[c]([Sn]([CH3])([CH3])[CH3])nc31)N1C[C@@H](C)N(C(=O)OC(C)(C)C)C[C@@H]1C(=O)N2C. The minimum atomic E-state index is -3.12. The quantitative estimate of drug-likeness (QED) is 0.364. The third kappa shape index (κ3) is 5.34. The molecule has 0 aliphatic carbocycles. The third-order valence-electron chi connectivity index (χ3n) is 8.29. The molecule has 1 fully saturated rings. The van der Waals surface area contributed by atoms with E-state index >= 15 is 4.39 Å². The van der Waals surface area contributed by atoms with E-state index in [1.54, 1.807) is 38.9 Å². The summed E-state index contributed by atoms with van der Waals surface area (Å²) in [7, 11) is 1.56. The summed E-state index contributed by atoms with van der Waals surface area (Å²) < 4.78 is 23.7. The number of hydrogen-bond donors (Lipinski definition) is 0. The van der Waals surface area contributed by atoms with Gasteiger partial charge in [0.05, 0.1) is 0 Å². The summed E-state index contributed by atoms with van der Waals surface area (Å²) in [5.41, 5.74) is 1.97. The first-order chi connectivity index (χ1) is 20.3. The number of aryl methyl sites for hydroxylation is 1. The monoisotopic (exact) mass is 714 g/mol. The fraction of sp³-hybridized carbons (Fsp3) is 0.531. The van der Waals surface area contributed by atoms with E-state index in [1.807, 2.05) is 38.7 Å². The van der Waals surface area contributed by atoms with Gasteiger partial charge < -0.3 is 0 Å².